The minimum absolute atomic E-state index is 0.105. The number of aliphatic hydroxyl groups is 1. The van der Waals surface area contributed by atoms with E-state index in [0.717, 1.165) is 24.0 Å². The van der Waals surface area contributed by atoms with Gasteiger partial charge in [-0.1, -0.05) is 28.9 Å². The lowest BCUT2D eigenvalue weighted by Gasteiger charge is -2.00. The summed E-state index contributed by atoms with van der Waals surface area (Å²) in [6.07, 6.45) is 7.98. The van der Waals surface area contributed by atoms with E-state index < -0.39 is 0 Å². The molecule has 0 aliphatic heterocycles. The first-order valence-electron chi connectivity index (χ1n) is 6.05. The van der Waals surface area contributed by atoms with E-state index in [9.17, 15) is 4.79 Å². The first kappa shape index (κ1) is 15.9. The van der Waals surface area contributed by atoms with E-state index in [-0.39, 0.29) is 12.4 Å². The summed E-state index contributed by atoms with van der Waals surface area (Å²) in [5.41, 5.74) is 3.35. The van der Waals surface area contributed by atoms with Crippen LogP contribution in [0.5, 0.6) is 0 Å². The van der Waals surface area contributed by atoms with E-state index in [1.54, 1.807) is 6.08 Å². The highest BCUT2D eigenvalue weighted by Gasteiger charge is 1.99. The molecule has 0 aromatic carbocycles. The zero-order chi connectivity index (χ0) is 13.3. The van der Waals surface area contributed by atoms with Crippen molar-refractivity contribution in [1.29, 1.82) is 0 Å². The molecule has 0 atom stereocenters. The van der Waals surface area contributed by atoms with E-state index in [2.05, 4.69) is 6.08 Å². The SMILES string of the molecule is CC(C)=CC(=O)C/C(C)=C/CC/C(C)=C/CO. The Balaban J connectivity index is 4.07. The highest BCUT2D eigenvalue weighted by Crippen LogP contribution is 2.09. The highest BCUT2D eigenvalue weighted by atomic mass is 16.2. The van der Waals surface area contributed by atoms with Crippen molar-refractivity contribution in [3.63, 3.8) is 0 Å². The molecule has 0 aromatic heterocycles. The van der Waals surface area contributed by atoms with E-state index >= 15 is 0 Å². The molecule has 0 saturated heterocycles. The van der Waals surface area contributed by atoms with Gasteiger partial charge in [-0.25, -0.2) is 0 Å². The van der Waals surface area contributed by atoms with E-state index in [1.807, 2.05) is 33.8 Å². The molecule has 0 amide bonds. The molecule has 0 spiro atoms. The number of hydrogen-bond donors (Lipinski definition) is 1. The van der Waals surface area contributed by atoms with Crippen molar-refractivity contribution in [3.8, 4) is 0 Å². The highest BCUT2D eigenvalue weighted by molar-refractivity contribution is 5.91. The van der Waals surface area contributed by atoms with Crippen LogP contribution in [-0.2, 0) is 4.79 Å². The van der Waals surface area contributed by atoms with Crippen LogP contribution in [0.15, 0.2) is 34.9 Å². The topological polar surface area (TPSA) is 37.3 Å². The van der Waals surface area contributed by atoms with Gasteiger partial charge < -0.3 is 5.11 Å². The molecule has 0 radical (unpaired) electrons. The van der Waals surface area contributed by atoms with Crippen molar-refractivity contribution in [3.05, 3.63) is 34.9 Å². The molecule has 2 heteroatoms. The Bertz CT molecular complexity index is 329. The Morgan fingerprint density at radius 1 is 1.06 bits per heavy atom. The zero-order valence-electron chi connectivity index (χ0n) is 11.4. The van der Waals surface area contributed by atoms with Crippen molar-refractivity contribution < 1.29 is 9.90 Å². The smallest absolute Gasteiger partial charge is 0.159 e. The normalized spacial score (nSPS) is 12.5. The maximum absolute atomic E-state index is 11.5. The summed E-state index contributed by atoms with van der Waals surface area (Å²) in [7, 11) is 0. The fourth-order valence-electron chi connectivity index (χ4n) is 1.52. The van der Waals surface area contributed by atoms with Gasteiger partial charge in [0.15, 0.2) is 5.78 Å². The minimum Gasteiger partial charge on any atom is -0.392 e. The molecule has 1 N–H and O–H groups in total. The summed E-state index contributed by atoms with van der Waals surface area (Å²) < 4.78 is 0. The molecule has 0 aromatic rings. The predicted octanol–water partition coefficient (Wildman–Crippen LogP) is 3.58. The zero-order valence-corrected chi connectivity index (χ0v) is 11.4. The van der Waals surface area contributed by atoms with Crippen molar-refractivity contribution >= 4 is 5.78 Å². The molecule has 0 aliphatic rings. The lowest BCUT2D eigenvalue weighted by Crippen LogP contribution is -1.94. The number of ketones is 1. The Hall–Kier alpha value is -1.15. The number of hydrogen-bond acceptors (Lipinski definition) is 2. The van der Waals surface area contributed by atoms with Crippen LogP contribution in [-0.4, -0.2) is 17.5 Å². The molecule has 0 fully saturated rings. The Morgan fingerprint density at radius 3 is 2.24 bits per heavy atom. The average Bonchev–Trinajstić information content (AvgIpc) is 2.16. The molecule has 2 nitrogen and oxygen atoms in total. The third-order valence-corrected chi connectivity index (χ3v) is 2.37. The van der Waals surface area contributed by atoms with Gasteiger partial charge in [-0.15, -0.1) is 0 Å². The monoisotopic (exact) mass is 236 g/mol. The van der Waals surface area contributed by atoms with Gasteiger partial charge in [0, 0.05) is 6.42 Å². The third-order valence-electron chi connectivity index (χ3n) is 2.37. The molecular formula is C15H24O2. The van der Waals surface area contributed by atoms with Crippen molar-refractivity contribution in [1.82, 2.24) is 0 Å². The quantitative estimate of drug-likeness (QED) is 0.542. The van der Waals surface area contributed by atoms with Crippen LogP contribution in [0.4, 0.5) is 0 Å². The summed E-state index contributed by atoms with van der Waals surface area (Å²) in [6.45, 7) is 7.96. The van der Waals surface area contributed by atoms with Crippen LogP contribution in [0, 0.1) is 0 Å². The molecule has 0 aliphatic carbocycles. The summed E-state index contributed by atoms with van der Waals surface area (Å²) in [5, 5.41) is 8.71. The molecule has 0 unspecified atom stereocenters. The first-order valence-corrected chi connectivity index (χ1v) is 6.05. The van der Waals surface area contributed by atoms with Gasteiger partial charge in [0.2, 0.25) is 0 Å². The fraction of sp³-hybridized carbons (Fsp3) is 0.533. The van der Waals surface area contributed by atoms with E-state index in [1.165, 1.54) is 5.57 Å². The maximum atomic E-state index is 11.5. The van der Waals surface area contributed by atoms with Crippen LogP contribution in [0.25, 0.3) is 0 Å². The molecule has 0 bridgehead atoms. The second-order valence-electron chi connectivity index (χ2n) is 4.69. The number of aliphatic hydroxyl groups excluding tert-OH is 1. The number of allylic oxidation sites excluding steroid dienone is 5. The van der Waals surface area contributed by atoms with Gasteiger partial charge in [0.05, 0.1) is 6.61 Å². The number of carbonyl (C=O) groups excluding carboxylic acids is 1. The lowest BCUT2D eigenvalue weighted by atomic mass is 10.1. The molecule has 17 heavy (non-hydrogen) atoms. The summed E-state index contributed by atoms with van der Waals surface area (Å²) in [6, 6.07) is 0. The Labute approximate surface area is 105 Å². The van der Waals surface area contributed by atoms with Crippen LogP contribution >= 0.6 is 0 Å². The van der Waals surface area contributed by atoms with Crippen molar-refractivity contribution in [2.45, 2.75) is 47.0 Å². The summed E-state index contributed by atoms with van der Waals surface area (Å²) in [5.74, 6) is 0.168. The number of rotatable bonds is 7. The van der Waals surface area contributed by atoms with E-state index in [4.69, 9.17) is 5.11 Å². The third kappa shape index (κ3) is 9.76. The van der Waals surface area contributed by atoms with Gasteiger partial charge in [-0.05, 0) is 46.6 Å². The number of carbonyl (C=O) groups is 1. The van der Waals surface area contributed by atoms with Crippen LogP contribution in [0.1, 0.15) is 47.0 Å². The van der Waals surface area contributed by atoms with Gasteiger partial charge in [-0.3, -0.25) is 4.79 Å². The van der Waals surface area contributed by atoms with Crippen molar-refractivity contribution in [2.24, 2.45) is 0 Å². The standard InChI is InChI=1S/C15H24O2/c1-12(2)10-15(17)11-14(4)7-5-6-13(3)8-9-16/h7-8,10,16H,5-6,9,11H2,1-4H3/b13-8+,14-7+. The predicted molar refractivity (Wildman–Crippen MR) is 72.9 cm³/mol. The lowest BCUT2D eigenvalue weighted by molar-refractivity contribution is -0.114. The van der Waals surface area contributed by atoms with Crippen LogP contribution < -0.4 is 0 Å². The molecule has 0 saturated carbocycles. The minimum atomic E-state index is 0.105. The van der Waals surface area contributed by atoms with Crippen LogP contribution in [0.3, 0.4) is 0 Å². The Morgan fingerprint density at radius 2 is 1.71 bits per heavy atom. The second-order valence-corrected chi connectivity index (χ2v) is 4.69. The Kier molecular flexibility index (Phi) is 8.34. The second kappa shape index (κ2) is 8.94. The molecule has 0 rings (SSSR count). The van der Waals surface area contributed by atoms with E-state index in [0.29, 0.717) is 6.42 Å². The van der Waals surface area contributed by atoms with Gasteiger partial charge in [-0.2, -0.15) is 0 Å². The largest absolute Gasteiger partial charge is 0.392 e. The van der Waals surface area contributed by atoms with Gasteiger partial charge in [0.25, 0.3) is 0 Å². The van der Waals surface area contributed by atoms with Crippen molar-refractivity contribution in [2.75, 3.05) is 6.61 Å². The van der Waals surface area contributed by atoms with Gasteiger partial charge >= 0.3 is 0 Å². The van der Waals surface area contributed by atoms with Crippen LogP contribution in [0.2, 0.25) is 0 Å². The molecular weight excluding hydrogens is 212 g/mol. The average molecular weight is 236 g/mol. The molecule has 96 valence electrons. The summed E-state index contributed by atoms with van der Waals surface area (Å²) in [4.78, 5) is 11.5. The van der Waals surface area contributed by atoms with Gasteiger partial charge in [0.1, 0.15) is 0 Å². The first-order chi connectivity index (χ1) is 7.95. The molecule has 0 heterocycles. The fourth-order valence-corrected chi connectivity index (χ4v) is 1.52. The summed E-state index contributed by atoms with van der Waals surface area (Å²) >= 11 is 0. The maximum Gasteiger partial charge on any atom is 0.159 e.